The predicted octanol–water partition coefficient (Wildman–Crippen LogP) is 5.10. The highest BCUT2D eigenvalue weighted by molar-refractivity contribution is 5.97. The lowest BCUT2D eigenvalue weighted by atomic mass is 9.81. The molecule has 4 aromatic carbocycles. The third-order valence-electron chi connectivity index (χ3n) is 13.2. The predicted molar refractivity (Wildman–Crippen MR) is 269 cm³/mol. The molecule has 10 N–H and O–H groups in total. The van der Waals surface area contributed by atoms with Crippen molar-refractivity contribution in [2.24, 2.45) is 5.92 Å². The third kappa shape index (κ3) is 13.0. The van der Waals surface area contributed by atoms with Crippen LogP contribution in [0.1, 0.15) is 60.8 Å². The number of carbonyl (C=O) groups excluding carboxylic acids is 6. The van der Waals surface area contributed by atoms with Crippen LogP contribution in [-0.4, -0.2) is 103 Å². The molecular weight excluding hydrogens is 937 g/mol. The topological polar surface area (TPSA) is 294 Å². The first-order chi connectivity index (χ1) is 35.3. The molecule has 3 heterocycles. The van der Waals surface area contributed by atoms with Crippen molar-refractivity contribution in [3.05, 3.63) is 144 Å². The van der Waals surface area contributed by atoms with Crippen LogP contribution in [0.4, 0.5) is 4.79 Å². The van der Waals surface area contributed by atoms with Crippen LogP contribution in [0.3, 0.4) is 0 Å². The molecule has 1 aliphatic rings. The zero-order valence-corrected chi connectivity index (χ0v) is 39.7. The van der Waals surface area contributed by atoms with Gasteiger partial charge in [0.2, 0.25) is 23.6 Å². The molecule has 7 aromatic rings. The molecule has 19 heteroatoms. The Morgan fingerprint density at radius 2 is 1.05 bits per heavy atom. The summed E-state index contributed by atoms with van der Waals surface area (Å²) in [6.45, 7) is -0.0462. The van der Waals surface area contributed by atoms with Crippen LogP contribution in [0.2, 0.25) is 0 Å². The highest BCUT2D eigenvalue weighted by atomic mass is 16.5. The molecule has 0 radical (unpaired) electrons. The van der Waals surface area contributed by atoms with Crippen LogP contribution in [0.15, 0.2) is 122 Å². The number of aliphatic carboxylic acids is 2. The monoisotopic (exact) mass is 992 g/mol. The molecule has 0 spiro atoms. The van der Waals surface area contributed by atoms with Gasteiger partial charge < -0.3 is 56.5 Å². The van der Waals surface area contributed by atoms with Gasteiger partial charge in [0, 0.05) is 82.9 Å². The summed E-state index contributed by atoms with van der Waals surface area (Å²) >= 11 is 0. The van der Waals surface area contributed by atoms with Crippen molar-refractivity contribution in [2.45, 2.75) is 94.6 Å². The Bertz CT molecular complexity index is 3140. The summed E-state index contributed by atoms with van der Waals surface area (Å²) < 4.78 is 5.52. The molecule has 378 valence electrons. The number of aromatic amines is 3. The second-order valence-electron chi connectivity index (χ2n) is 18.3. The normalized spacial score (nSPS) is 16.2. The molecule has 73 heavy (non-hydrogen) atoms. The number of nitrogens with one attached hydrogen (secondary N) is 8. The van der Waals surface area contributed by atoms with E-state index in [1.165, 1.54) is 0 Å². The number of para-hydroxylation sites is 3. The van der Waals surface area contributed by atoms with Gasteiger partial charge in [-0.25, -0.2) is 9.59 Å². The zero-order chi connectivity index (χ0) is 51.4. The number of hydrogen-bond acceptors (Lipinski definition) is 9. The summed E-state index contributed by atoms with van der Waals surface area (Å²) in [5, 5.41) is 34.7. The maximum Gasteiger partial charge on any atom is 0.408 e. The van der Waals surface area contributed by atoms with E-state index >= 15 is 0 Å². The van der Waals surface area contributed by atoms with E-state index in [1.807, 2.05) is 84.9 Å². The minimum atomic E-state index is -1.76. The molecule has 0 unspecified atom stereocenters. The van der Waals surface area contributed by atoms with Gasteiger partial charge in [-0.1, -0.05) is 91.3 Å². The molecule has 0 aliphatic heterocycles. The first-order valence-corrected chi connectivity index (χ1v) is 24.1. The second kappa shape index (κ2) is 23.4. The van der Waals surface area contributed by atoms with Gasteiger partial charge in [-0.15, -0.1) is 0 Å². The summed E-state index contributed by atoms with van der Waals surface area (Å²) in [5.74, 6) is -6.78. The third-order valence-corrected chi connectivity index (χ3v) is 13.2. The SMILES string of the molecule is O=C(O)C[C@H](NC(=O)[C@H](Cc1c[nH]c2ccccc12)NC(=O)CC[C@H]1CCC[C@@H](NC(=O)[C@H](Cc2c[nH]c3ccccc23)NC(=O)[C@H](Cc2c[nH]c3ccccc23)NC(=O)OCc2ccccc2)C1=O)C(=O)O. The smallest absolute Gasteiger partial charge is 0.408 e. The van der Waals surface area contributed by atoms with Gasteiger partial charge >= 0.3 is 18.0 Å². The van der Waals surface area contributed by atoms with Gasteiger partial charge in [-0.2, -0.15) is 0 Å². The largest absolute Gasteiger partial charge is 0.481 e. The number of carbonyl (C=O) groups is 8. The van der Waals surface area contributed by atoms with Crippen LogP contribution in [0.25, 0.3) is 32.7 Å². The Morgan fingerprint density at radius 1 is 0.575 bits per heavy atom. The van der Waals surface area contributed by atoms with Crippen molar-refractivity contribution >= 4 is 80.2 Å². The van der Waals surface area contributed by atoms with Gasteiger partial charge in [0.15, 0.2) is 5.78 Å². The van der Waals surface area contributed by atoms with E-state index in [4.69, 9.17) is 4.74 Å². The molecule has 8 rings (SSSR count). The number of hydrogen-bond donors (Lipinski definition) is 10. The second-order valence-corrected chi connectivity index (χ2v) is 18.3. The maximum absolute atomic E-state index is 14.5. The first-order valence-electron chi connectivity index (χ1n) is 24.1. The number of fused-ring (bicyclic) bond motifs is 3. The maximum atomic E-state index is 14.5. The molecule has 1 saturated carbocycles. The number of Topliss-reactive ketones (excluding diaryl/α,β-unsaturated/α-hetero) is 1. The first kappa shape index (κ1) is 50.6. The van der Waals surface area contributed by atoms with Gasteiger partial charge in [0.1, 0.15) is 30.8 Å². The lowest BCUT2D eigenvalue weighted by Crippen LogP contribution is -2.57. The van der Waals surface area contributed by atoms with Crippen molar-refractivity contribution in [1.82, 2.24) is 41.5 Å². The van der Waals surface area contributed by atoms with Crippen molar-refractivity contribution in [3.63, 3.8) is 0 Å². The number of ether oxygens (including phenoxy) is 1. The van der Waals surface area contributed by atoms with Crippen LogP contribution in [0, 0.1) is 5.92 Å². The van der Waals surface area contributed by atoms with Gasteiger partial charge in [-0.3, -0.25) is 28.8 Å². The molecule has 1 fully saturated rings. The van der Waals surface area contributed by atoms with E-state index < -0.39 is 84.2 Å². The number of carboxylic acids is 2. The van der Waals surface area contributed by atoms with Crippen molar-refractivity contribution < 1.29 is 53.3 Å². The number of ketones is 1. The lowest BCUT2D eigenvalue weighted by molar-refractivity contribution is -0.147. The minimum Gasteiger partial charge on any atom is -0.481 e. The van der Waals surface area contributed by atoms with Gasteiger partial charge in [-0.05, 0) is 59.7 Å². The summed E-state index contributed by atoms with van der Waals surface area (Å²) in [7, 11) is 0. The minimum absolute atomic E-state index is 0.0150. The number of alkyl carbamates (subject to hydrolysis) is 1. The summed E-state index contributed by atoms with van der Waals surface area (Å²) in [6.07, 6.45) is 4.54. The summed E-state index contributed by atoms with van der Waals surface area (Å²) in [6, 6.07) is 24.9. The number of rotatable bonds is 22. The number of carboxylic acid groups (broad SMARTS) is 2. The van der Waals surface area contributed by atoms with Crippen molar-refractivity contribution in [1.29, 1.82) is 0 Å². The lowest BCUT2D eigenvalue weighted by Gasteiger charge is -2.30. The van der Waals surface area contributed by atoms with E-state index in [9.17, 15) is 48.6 Å². The van der Waals surface area contributed by atoms with Crippen molar-refractivity contribution in [3.8, 4) is 0 Å². The number of amides is 5. The highest BCUT2D eigenvalue weighted by Crippen LogP contribution is 2.27. The molecule has 5 amide bonds. The molecule has 3 aromatic heterocycles. The average Bonchev–Trinajstić information content (AvgIpc) is 4.12. The standard InChI is InChI=1S/C54H56N8O11/c63-47(58-43(50(67)61-46(53(70)71)26-48(64)65)23-33-27-55-39-17-7-4-14-36(33)39)22-21-32-13-10-20-42(49(32)66)59-51(68)44(24-34-28-56-40-18-8-5-15-37(34)40)60-52(69)45(25-35-29-57-41-19-9-6-16-38(35)41)62-54(72)73-30-31-11-2-1-3-12-31/h1-9,11-12,14-19,27-29,32,42-46,55-57H,10,13,20-26,30H2,(H,58,63)(H,59,68)(H,60,69)(H,61,67)(H,62,72)(H,64,65)(H,70,71)/t32-,42-,43+,44+,45+,46+/m1/s1. The molecule has 6 atom stereocenters. The Balaban J connectivity index is 0.959. The fourth-order valence-corrected chi connectivity index (χ4v) is 9.43. The molecule has 19 nitrogen and oxygen atoms in total. The van der Waals surface area contributed by atoms with Crippen LogP contribution in [0.5, 0.6) is 0 Å². The van der Waals surface area contributed by atoms with E-state index in [0.717, 1.165) is 49.4 Å². The van der Waals surface area contributed by atoms with E-state index in [2.05, 4.69) is 41.5 Å². The van der Waals surface area contributed by atoms with Crippen molar-refractivity contribution in [2.75, 3.05) is 0 Å². The Labute approximate surface area is 418 Å². The van der Waals surface area contributed by atoms with E-state index in [-0.39, 0.29) is 44.5 Å². The Hall–Kier alpha value is -8.74. The fraction of sp³-hybridized carbons (Fsp3) is 0.296. The quantitative estimate of drug-likeness (QED) is 0.0426. The number of benzene rings is 4. The average molecular weight is 993 g/mol. The van der Waals surface area contributed by atoms with Gasteiger partial charge in [0.05, 0.1) is 12.5 Å². The molecular formula is C54H56N8O11. The molecule has 0 saturated heterocycles. The van der Waals surface area contributed by atoms with Crippen LogP contribution in [-0.2, 0) is 64.2 Å². The van der Waals surface area contributed by atoms with Gasteiger partial charge in [0.25, 0.3) is 0 Å². The van der Waals surface area contributed by atoms with Crippen LogP contribution >= 0.6 is 0 Å². The molecule has 1 aliphatic carbocycles. The van der Waals surface area contributed by atoms with E-state index in [0.29, 0.717) is 24.8 Å². The number of H-pyrrole nitrogens is 3. The van der Waals surface area contributed by atoms with E-state index in [1.54, 1.807) is 36.8 Å². The summed E-state index contributed by atoms with van der Waals surface area (Å²) in [4.78, 5) is 116. The fourth-order valence-electron chi connectivity index (χ4n) is 9.43. The Kier molecular flexibility index (Phi) is 16.3. The Morgan fingerprint density at radius 3 is 1.58 bits per heavy atom. The summed E-state index contributed by atoms with van der Waals surface area (Å²) in [5.41, 5.74) is 5.24. The highest BCUT2D eigenvalue weighted by Gasteiger charge is 2.36. The van der Waals surface area contributed by atoms with Crippen LogP contribution < -0.4 is 26.6 Å². The zero-order valence-electron chi connectivity index (χ0n) is 39.7. The number of aromatic nitrogens is 3. The molecule has 0 bridgehead atoms.